The molecule has 4 rings (SSSR count). The van der Waals surface area contributed by atoms with Crippen LogP contribution in [0.3, 0.4) is 0 Å². The van der Waals surface area contributed by atoms with Gasteiger partial charge < -0.3 is 10.0 Å². The van der Waals surface area contributed by atoms with Crippen LogP contribution in [0.1, 0.15) is 52.1 Å². The molecule has 1 fully saturated rings. The number of benzene rings is 1. The Bertz CT molecular complexity index is 876. The highest BCUT2D eigenvalue weighted by molar-refractivity contribution is 7.13. The molecule has 0 saturated carbocycles. The van der Waals surface area contributed by atoms with Gasteiger partial charge in [-0.3, -0.25) is 4.79 Å². The minimum Gasteiger partial charge on any atom is -0.481 e. The first-order valence-electron chi connectivity index (χ1n) is 9.39. The first kappa shape index (κ1) is 20.1. The number of aryl methyl sites for hydroxylation is 2. The Morgan fingerprint density at radius 2 is 1.78 bits per heavy atom. The van der Waals surface area contributed by atoms with E-state index in [-0.39, 0.29) is 12.4 Å². The number of fused-ring (bicyclic) bond motifs is 2. The minimum atomic E-state index is -0.740. The molecular weight excluding hydrogens is 378 g/mol. The van der Waals surface area contributed by atoms with E-state index < -0.39 is 11.9 Å². The maximum Gasteiger partial charge on any atom is 0.311 e. The summed E-state index contributed by atoms with van der Waals surface area (Å²) >= 11 is 1.70. The number of nitrogens with zero attached hydrogens (tertiary/aromatic N) is 1. The third-order valence-corrected chi connectivity index (χ3v) is 7.12. The van der Waals surface area contributed by atoms with Crippen molar-refractivity contribution in [3.63, 3.8) is 0 Å². The predicted octanol–water partition coefficient (Wildman–Crippen LogP) is 4.98. The molecule has 2 aromatic rings. The Labute approximate surface area is 171 Å². The second-order valence-electron chi connectivity index (χ2n) is 7.50. The molecule has 144 valence electrons. The maximum absolute atomic E-state index is 11.5. The molecule has 0 spiro atoms. The van der Waals surface area contributed by atoms with Gasteiger partial charge in [-0.2, -0.15) is 0 Å². The van der Waals surface area contributed by atoms with Gasteiger partial charge in [-0.1, -0.05) is 29.8 Å². The lowest BCUT2D eigenvalue weighted by Crippen LogP contribution is -2.26. The molecule has 0 amide bonds. The number of carboxylic acid groups (broad SMARTS) is 1. The smallest absolute Gasteiger partial charge is 0.311 e. The van der Waals surface area contributed by atoms with Crippen molar-refractivity contribution < 1.29 is 9.90 Å². The molecule has 27 heavy (non-hydrogen) atoms. The Hall–Kier alpha value is -1.62. The fourth-order valence-corrected chi connectivity index (χ4v) is 5.41. The molecule has 2 aliphatic rings. The fourth-order valence-electron chi connectivity index (χ4n) is 4.05. The van der Waals surface area contributed by atoms with Crippen molar-refractivity contribution in [3.05, 3.63) is 62.3 Å². The number of halogens is 1. The van der Waals surface area contributed by atoms with Gasteiger partial charge >= 0.3 is 5.97 Å². The zero-order valence-electron chi connectivity index (χ0n) is 15.8. The third-order valence-electron chi connectivity index (χ3n) is 5.75. The number of piperidine rings is 1. The molecule has 5 heteroatoms. The normalized spacial score (nSPS) is 18.1. The number of aliphatic carboxylic acids is 1. The molecule has 1 aromatic heterocycles. The number of likely N-dealkylation sites (tertiary alicyclic amines) is 1. The van der Waals surface area contributed by atoms with Crippen LogP contribution in [0.4, 0.5) is 0 Å². The number of thiophene rings is 1. The summed E-state index contributed by atoms with van der Waals surface area (Å²) in [6, 6.07) is 10.9. The standard InChI is InChI=1S/C22H25NO2S.ClH/c1-14(22(24)25)19-13-17-8-7-15-5-3-4-6-18(15)20(21(17)26-19)16-9-11-23(2)12-10-16;/h3-6,13-14H,7-12H2,1-2H3,(H,24,25);1H. The molecule has 0 radical (unpaired) electrons. The van der Waals surface area contributed by atoms with Crippen LogP contribution >= 0.6 is 23.7 Å². The lowest BCUT2D eigenvalue weighted by molar-refractivity contribution is -0.138. The van der Waals surface area contributed by atoms with Gasteiger partial charge in [0.1, 0.15) is 0 Å². The molecule has 3 nitrogen and oxygen atoms in total. The molecule has 1 N–H and O–H groups in total. The Balaban J connectivity index is 0.00000210. The van der Waals surface area contributed by atoms with Gasteiger partial charge in [0.2, 0.25) is 0 Å². The monoisotopic (exact) mass is 403 g/mol. The Morgan fingerprint density at radius 1 is 1.11 bits per heavy atom. The van der Waals surface area contributed by atoms with E-state index in [0.717, 1.165) is 43.6 Å². The van der Waals surface area contributed by atoms with Crippen molar-refractivity contribution in [2.45, 2.75) is 38.5 Å². The lowest BCUT2D eigenvalue weighted by Gasteiger charge is -2.27. The van der Waals surface area contributed by atoms with Crippen LogP contribution < -0.4 is 0 Å². The van der Waals surface area contributed by atoms with Crippen LogP contribution in [-0.4, -0.2) is 36.1 Å². The average Bonchev–Trinajstić information content (AvgIpc) is 2.99. The van der Waals surface area contributed by atoms with E-state index in [1.807, 2.05) is 0 Å². The number of rotatable bonds is 2. The lowest BCUT2D eigenvalue weighted by atomic mass is 9.90. The minimum absolute atomic E-state index is 0. The number of hydrogen-bond acceptors (Lipinski definition) is 3. The van der Waals surface area contributed by atoms with Crippen molar-refractivity contribution in [2.24, 2.45) is 0 Å². The van der Waals surface area contributed by atoms with Gasteiger partial charge in [-0.15, -0.1) is 23.7 Å². The van der Waals surface area contributed by atoms with Crippen molar-refractivity contribution >= 4 is 35.3 Å². The Kier molecular flexibility index (Phi) is 6.09. The van der Waals surface area contributed by atoms with E-state index in [4.69, 9.17) is 0 Å². The largest absolute Gasteiger partial charge is 0.481 e. The van der Waals surface area contributed by atoms with Crippen LogP contribution in [0.5, 0.6) is 0 Å². The zero-order chi connectivity index (χ0) is 18.3. The predicted molar refractivity (Wildman–Crippen MR) is 114 cm³/mol. The van der Waals surface area contributed by atoms with E-state index in [0.29, 0.717) is 0 Å². The molecule has 2 heterocycles. The highest BCUT2D eigenvalue weighted by atomic mass is 35.5. The quantitative estimate of drug-likeness (QED) is 0.768. The highest BCUT2D eigenvalue weighted by Gasteiger charge is 2.27. The molecule has 1 aliphatic heterocycles. The van der Waals surface area contributed by atoms with Gasteiger partial charge in [-0.25, -0.2) is 0 Å². The molecule has 1 aliphatic carbocycles. The van der Waals surface area contributed by atoms with Crippen molar-refractivity contribution in [1.82, 2.24) is 4.90 Å². The van der Waals surface area contributed by atoms with E-state index in [1.54, 1.807) is 18.3 Å². The third kappa shape index (κ3) is 3.84. The van der Waals surface area contributed by atoms with Gasteiger partial charge in [-0.05, 0) is 68.0 Å². The van der Waals surface area contributed by atoms with Crippen LogP contribution in [-0.2, 0) is 17.6 Å². The highest BCUT2D eigenvalue weighted by Crippen LogP contribution is 2.43. The summed E-state index contributed by atoms with van der Waals surface area (Å²) in [7, 11) is 2.19. The Morgan fingerprint density at radius 3 is 2.48 bits per heavy atom. The zero-order valence-corrected chi connectivity index (χ0v) is 17.5. The van der Waals surface area contributed by atoms with E-state index >= 15 is 0 Å². The summed E-state index contributed by atoms with van der Waals surface area (Å²) in [4.78, 5) is 16.2. The SMILES string of the molecule is CC(C(=O)O)c1cc2c(s1)C(=C1CCN(C)CC1)c1ccccc1CC2.Cl. The second kappa shape index (κ2) is 8.17. The summed E-state index contributed by atoms with van der Waals surface area (Å²) in [5, 5.41) is 9.44. The van der Waals surface area contributed by atoms with Gasteiger partial charge in [0.05, 0.1) is 5.92 Å². The summed E-state index contributed by atoms with van der Waals surface area (Å²) in [6.45, 7) is 3.99. The van der Waals surface area contributed by atoms with Gasteiger partial charge in [0.25, 0.3) is 0 Å². The van der Waals surface area contributed by atoms with E-state index in [9.17, 15) is 9.90 Å². The first-order valence-corrected chi connectivity index (χ1v) is 10.2. The number of carbonyl (C=O) groups is 1. The molecule has 1 unspecified atom stereocenters. The molecule has 1 aromatic carbocycles. The molecule has 0 bridgehead atoms. The van der Waals surface area contributed by atoms with Crippen molar-refractivity contribution in [1.29, 1.82) is 0 Å². The summed E-state index contributed by atoms with van der Waals surface area (Å²) in [6.07, 6.45) is 4.21. The van der Waals surface area contributed by atoms with Crippen molar-refractivity contribution in [2.75, 3.05) is 20.1 Å². The van der Waals surface area contributed by atoms with Crippen LogP contribution in [0.15, 0.2) is 35.9 Å². The molecule has 1 saturated heterocycles. The average molecular weight is 404 g/mol. The summed E-state index contributed by atoms with van der Waals surface area (Å²) in [5.41, 5.74) is 7.05. The van der Waals surface area contributed by atoms with E-state index in [2.05, 4.69) is 42.3 Å². The fraction of sp³-hybridized carbons (Fsp3) is 0.409. The van der Waals surface area contributed by atoms with Gasteiger partial charge in [0, 0.05) is 22.8 Å². The summed E-state index contributed by atoms with van der Waals surface area (Å²) < 4.78 is 0. The van der Waals surface area contributed by atoms with E-state index in [1.165, 1.54) is 32.7 Å². The molecule has 1 atom stereocenters. The number of hydrogen-bond donors (Lipinski definition) is 1. The van der Waals surface area contributed by atoms with Crippen LogP contribution in [0, 0.1) is 0 Å². The van der Waals surface area contributed by atoms with Crippen LogP contribution in [0.2, 0.25) is 0 Å². The topological polar surface area (TPSA) is 40.5 Å². The summed E-state index contributed by atoms with van der Waals surface area (Å²) in [5.74, 6) is -1.18. The first-order chi connectivity index (χ1) is 12.5. The maximum atomic E-state index is 11.5. The van der Waals surface area contributed by atoms with Gasteiger partial charge in [0.15, 0.2) is 0 Å². The van der Waals surface area contributed by atoms with Crippen molar-refractivity contribution in [3.8, 4) is 0 Å². The van der Waals surface area contributed by atoms with Crippen LogP contribution in [0.25, 0.3) is 5.57 Å². The second-order valence-corrected chi connectivity index (χ2v) is 8.59. The number of carboxylic acids is 1. The molecular formula is C22H26ClNO2S.